The minimum atomic E-state index is -0.203. The van der Waals surface area contributed by atoms with Crippen molar-refractivity contribution in [3.05, 3.63) is 64.1 Å². The van der Waals surface area contributed by atoms with Crippen molar-refractivity contribution in [2.45, 2.75) is 58.3 Å². The summed E-state index contributed by atoms with van der Waals surface area (Å²) >= 11 is 0. The number of aromatic nitrogens is 2. The summed E-state index contributed by atoms with van der Waals surface area (Å²) in [6.07, 6.45) is 2.52. The first-order chi connectivity index (χ1) is 12.8. The van der Waals surface area contributed by atoms with Crippen molar-refractivity contribution in [3.63, 3.8) is 0 Å². The van der Waals surface area contributed by atoms with Gasteiger partial charge in [-0.05, 0) is 36.7 Å². The largest absolute Gasteiger partial charge is 0.523 e. The number of H-pyrrole nitrogens is 1. The fourth-order valence-electron chi connectivity index (χ4n) is 5.02. The molecule has 0 radical (unpaired) electrons. The van der Waals surface area contributed by atoms with Crippen LogP contribution in [0.4, 0.5) is 0 Å². The number of allylic oxidation sites excluding steroid dienone is 2. The van der Waals surface area contributed by atoms with Crippen LogP contribution in [0.25, 0.3) is 16.2 Å². The summed E-state index contributed by atoms with van der Waals surface area (Å²) in [6.45, 7) is 16.1. The molecule has 27 heavy (non-hydrogen) atoms. The molecular formula is C23H27N3O. The highest BCUT2D eigenvalue weighted by Crippen LogP contribution is 2.53. The molecule has 140 valence electrons. The SMILES string of the molecule is [C-]#[N+]C1=C(O)[C@H](C)[C@H]2CCc3[nH]c(-c4ccc(C(C)C)cc4)nc3[C@]2(C)C1. The van der Waals surface area contributed by atoms with Gasteiger partial charge in [0.05, 0.1) is 18.0 Å². The Morgan fingerprint density at radius 1 is 1.30 bits per heavy atom. The molecule has 0 fully saturated rings. The maximum absolute atomic E-state index is 10.4. The molecule has 0 aliphatic heterocycles. The van der Waals surface area contributed by atoms with E-state index >= 15 is 0 Å². The average molecular weight is 361 g/mol. The van der Waals surface area contributed by atoms with Gasteiger partial charge in [-0.3, -0.25) is 0 Å². The van der Waals surface area contributed by atoms with E-state index in [1.807, 2.05) is 6.92 Å². The third-order valence-electron chi connectivity index (χ3n) is 6.69. The zero-order valence-corrected chi connectivity index (χ0v) is 16.5. The van der Waals surface area contributed by atoms with Crippen LogP contribution in [-0.4, -0.2) is 15.1 Å². The Labute approximate surface area is 161 Å². The third kappa shape index (κ3) is 2.68. The lowest BCUT2D eigenvalue weighted by molar-refractivity contribution is 0.135. The molecule has 4 rings (SSSR count). The Morgan fingerprint density at radius 2 is 2.00 bits per heavy atom. The summed E-state index contributed by atoms with van der Waals surface area (Å²) in [5.74, 6) is 2.03. The number of hydrogen-bond acceptors (Lipinski definition) is 2. The van der Waals surface area contributed by atoms with Gasteiger partial charge in [-0.1, -0.05) is 52.0 Å². The van der Waals surface area contributed by atoms with E-state index < -0.39 is 0 Å². The third-order valence-corrected chi connectivity index (χ3v) is 6.69. The van der Waals surface area contributed by atoms with Gasteiger partial charge in [0, 0.05) is 22.6 Å². The van der Waals surface area contributed by atoms with Crippen LogP contribution < -0.4 is 0 Å². The standard InChI is InChI=1S/C23H27N3O/c1-13(2)15-6-8-16(9-7-15)22-25-18-11-10-17-14(3)20(27)19(24-5)12-23(17,4)21(18)26-22/h6-9,13-14,17,27H,10-12H2,1-4H3,(H,25,26)/t14-,17-,23-/m1/s1. The van der Waals surface area contributed by atoms with Crippen molar-refractivity contribution in [1.29, 1.82) is 0 Å². The molecule has 2 N–H and O–H groups in total. The van der Waals surface area contributed by atoms with Crippen LogP contribution >= 0.6 is 0 Å². The quantitative estimate of drug-likeness (QED) is 0.669. The number of hydrogen-bond donors (Lipinski definition) is 2. The van der Waals surface area contributed by atoms with Gasteiger partial charge >= 0.3 is 0 Å². The molecule has 0 unspecified atom stereocenters. The number of benzene rings is 1. The summed E-state index contributed by atoms with van der Waals surface area (Å²) < 4.78 is 0. The van der Waals surface area contributed by atoms with E-state index in [1.165, 1.54) is 11.3 Å². The molecule has 1 heterocycles. The number of nitrogens with zero attached hydrogens (tertiary/aromatic N) is 2. The van der Waals surface area contributed by atoms with E-state index in [0.717, 1.165) is 29.9 Å². The van der Waals surface area contributed by atoms with E-state index in [-0.39, 0.29) is 17.1 Å². The maximum Gasteiger partial charge on any atom is 0.203 e. The Kier molecular flexibility index (Phi) is 4.14. The number of aromatic amines is 1. The molecule has 3 atom stereocenters. The monoisotopic (exact) mass is 361 g/mol. The number of nitrogens with one attached hydrogen (secondary N) is 1. The zero-order valence-electron chi connectivity index (χ0n) is 16.5. The second-order valence-corrected chi connectivity index (χ2v) is 8.66. The van der Waals surface area contributed by atoms with Crippen LogP contribution in [0.2, 0.25) is 0 Å². The van der Waals surface area contributed by atoms with Gasteiger partial charge in [0.25, 0.3) is 0 Å². The molecule has 0 spiro atoms. The summed E-state index contributed by atoms with van der Waals surface area (Å²) in [7, 11) is 0. The molecule has 2 aromatic rings. The summed E-state index contributed by atoms with van der Waals surface area (Å²) in [5.41, 5.74) is 5.00. The number of rotatable bonds is 2. The summed E-state index contributed by atoms with van der Waals surface area (Å²) in [6, 6.07) is 8.62. The Hall–Kier alpha value is -2.54. The van der Waals surface area contributed by atoms with E-state index in [2.05, 4.69) is 54.9 Å². The first kappa shape index (κ1) is 17.9. The highest BCUT2D eigenvalue weighted by Gasteiger charge is 2.50. The summed E-state index contributed by atoms with van der Waals surface area (Å²) in [4.78, 5) is 12.2. The molecule has 4 nitrogen and oxygen atoms in total. The molecule has 4 heteroatoms. The Balaban J connectivity index is 1.75. The molecule has 0 amide bonds. The second kappa shape index (κ2) is 6.27. The molecule has 0 bridgehead atoms. The van der Waals surface area contributed by atoms with E-state index in [1.54, 1.807) is 0 Å². The Bertz CT molecular complexity index is 945. The first-order valence-electron chi connectivity index (χ1n) is 9.84. The Morgan fingerprint density at radius 3 is 2.63 bits per heavy atom. The minimum Gasteiger partial charge on any atom is -0.523 e. The van der Waals surface area contributed by atoms with Crippen LogP contribution in [0.15, 0.2) is 35.7 Å². The lowest BCUT2D eigenvalue weighted by Crippen LogP contribution is -2.44. The van der Waals surface area contributed by atoms with Gasteiger partial charge in [-0.15, -0.1) is 0 Å². The van der Waals surface area contributed by atoms with Gasteiger partial charge in [-0.2, -0.15) is 0 Å². The van der Waals surface area contributed by atoms with Crippen LogP contribution in [0.5, 0.6) is 0 Å². The normalized spacial score (nSPS) is 27.3. The zero-order chi connectivity index (χ0) is 19.3. The van der Waals surface area contributed by atoms with Gasteiger partial charge in [-0.25, -0.2) is 9.83 Å². The fraction of sp³-hybridized carbons (Fsp3) is 0.478. The van der Waals surface area contributed by atoms with E-state index in [0.29, 0.717) is 24.0 Å². The van der Waals surface area contributed by atoms with Gasteiger partial charge in [0.2, 0.25) is 5.70 Å². The van der Waals surface area contributed by atoms with Gasteiger partial charge < -0.3 is 10.1 Å². The van der Waals surface area contributed by atoms with E-state index in [9.17, 15) is 5.11 Å². The molecular weight excluding hydrogens is 334 g/mol. The number of aliphatic hydroxyl groups excluding tert-OH is 1. The van der Waals surface area contributed by atoms with Crippen molar-refractivity contribution in [3.8, 4) is 11.4 Å². The molecule has 0 saturated carbocycles. The van der Waals surface area contributed by atoms with Crippen LogP contribution in [0.1, 0.15) is 63.4 Å². The molecule has 0 saturated heterocycles. The topological polar surface area (TPSA) is 53.3 Å². The van der Waals surface area contributed by atoms with Gasteiger partial charge in [0.1, 0.15) is 5.82 Å². The van der Waals surface area contributed by atoms with Crippen molar-refractivity contribution in [2.24, 2.45) is 11.8 Å². The molecule has 2 aliphatic rings. The lowest BCUT2D eigenvalue weighted by Gasteiger charge is -2.46. The number of aliphatic hydroxyl groups is 1. The van der Waals surface area contributed by atoms with Crippen molar-refractivity contribution < 1.29 is 5.11 Å². The van der Waals surface area contributed by atoms with E-state index in [4.69, 9.17) is 11.6 Å². The number of fused-ring (bicyclic) bond motifs is 3. The highest BCUT2D eigenvalue weighted by molar-refractivity contribution is 5.58. The maximum atomic E-state index is 10.4. The smallest absolute Gasteiger partial charge is 0.203 e. The molecule has 1 aromatic carbocycles. The second-order valence-electron chi connectivity index (χ2n) is 8.66. The van der Waals surface area contributed by atoms with Crippen molar-refractivity contribution in [2.75, 3.05) is 0 Å². The molecule has 2 aliphatic carbocycles. The predicted octanol–water partition coefficient (Wildman–Crippen LogP) is 5.75. The van der Waals surface area contributed by atoms with Crippen molar-refractivity contribution in [1.82, 2.24) is 9.97 Å². The van der Waals surface area contributed by atoms with Crippen LogP contribution in [0, 0.1) is 18.4 Å². The number of imidazole rings is 1. The predicted molar refractivity (Wildman–Crippen MR) is 107 cm³/mol. The fourth-order valence-corrected chi connectivity index (χ4v) is 5.02. The van der Waals surface area contributed by atoms with Crippen molar-refractivity contribution >= 4 is 0 Å². The highest BCUT2D eigenvalue weighted by atomic mass is 16.3. The average Bonchev–Trinajstić information content (AvgIpc) is 3.10. The summed E-state index contributed by atoms with van der Waals surface area (Å²) in [5, 5.41) is 10.4. The lowest BCUT2D eigenvalue weighted by atomic mass is 9.58. The van der Waals surface area contributed by atoms with Gasteiger partial charge in [0.15, 0.2) is 0 Å². The van der Waals surface area contributed by atoms with Crippen LogP contribution in [0.3, 0.4) is 0 Å². The molecule has 1 aromatic heterocycles. The number of aryl methyl sites for hydroxylation is 1. The minimum absolute atomic E-state index is 0.00600. The van der Waals surface area contributed by atoms with Crippen LogP contribution in [-0.2, 0) is 11.8 Å². The first-order valence-corrected chi connectivity index (χ1v) is 9.84.